The molecule has 4 N–H and O–H groups in total. The number of nitrogens with zero attached hydrogens (tertiary/aromatic N) is 3. The third-order valence-electron chi connectivity index (χ3n) is 4.49. The van der Waals surface area contributed by atoms with Gasteiger partial charge in [0.15, 0.2) is 0 Å². The molecule has 0 saturated carbocycles. The van der Waals surface area contributed by atoms with E-state index in [1.807, 2.05) is 18.7 Å². The summed E-state index contributed by atoms with van der Waals surface area (Å²) in [4.78, 5) is 32.0. The van der Waals surface area contributed by atoms with Crippen LogP contribution in [0.3, 0.4) is 0 Å². The SMILES string of the molecule is CCC(C)C(N)C(=O)N1CCN(c2ncccc2C(N)=O)CC1. The molecular weight excluding hydrogens is 294 g/mol. The molecule has 7 nitrogen and oxygen atoms in total. The van der Waals surface area contributed by atoms with Crippen LogP contribution in [0.5, 0.6) is 0 Å². The topological polar surface area (TPSA) is 106 Å². The standard InChI is InChI=1S/C16H25N5O2/c1-3-11(2)13(17)16(23)21-9-7-20(8-10-21)15-12(14(18)22)5-4-6-19-15/h4-6,11,13H,3,7-10,17H2,1-2H3,(H2,18,22). The molecule has 126 valence electrons. The highest BCUT2D eigenvalue weighted by molar-refractivity contribution is 5.97. The molecule has 1 aromatic heterocycles. The van der Waals surface area contributed by atoms with Gasteiger partial charge in [-0.2, -0.15) is 0 Å². The Labute approximate surface area is 136 Å². The molecule has 0 aromatic carbocycles. The highest BCUT2D eigenvalue weighted by Crippen LogP contribution is 2.19. The van der Waals surface area contributed by atoms with Crippen LogP contribution in [0.25, 0.3) is 0 Å². The van der Waals surface area contributed by atoms with Crippen molar-refractivity contribution in [2.45, 2.75) is 26.3 Å². The second-order valence-electron chi connectivity index (χ2n) is 5.96. The Hall–Kier alpha value is -2.15. The van der Waals surface area contributed by atoms with Gasteiger partial charge in [0, 0.05) is 32.4 Å². The number of amides is 2. The number of carbonyl (C=O) groups is 2. The number of carbonyl (C=O) groups excluding carboxylic acids is 2. The van der Waals surface area contributed by atoms with Crippen molar-refractivity contribution in [3.8, 4) is 0 Å². The third kappa shape index (κ3) is 3.79. The van der Waals surface area contributed by atoms with E-state index in [1.54, 1.807) is 23.2 Å². The van der Waals surface area contributed by atoms with Crippen molar-refractivity contribution in [1.82, 2.24) is 9.88 Å². The molecule has 2 unspecified atom stereocenters. The monoisotopic (exact) mass is 319 g/mol. The maximum Gasteiger partial charge on any atom is 0.252 e. The lowest BCUT2D eigenvalue weighted by molar-refractivity contribution is -0.134. The van der Waals surface area contributed by atoms with Gasteiger partial charge in [-0.15, -0.1) is 0 Å². The van der Waals surface area contributed by atoms with Crippen LogP contribution in [-0.4, -0.2) is 53.9 Å². The van der Waals surface area contributed by atoms with Gasteiger partial charge in [0.05, 0.1) is 11.6 Å². The number of pyridine rings is 1. The maximum atomic E-state index is 12.4. The molecule has 1 fully saturated rings. The second-order valence-corrected chi connectivity index (χ2v) is 5.96. The Morgan fingerprint density at radius 2 is 1.96 bits per heavy atom. The highest BCUT2D eigenvalue weighted by atomic mass is 16.2. The van der Waals surface area contributed by atoms with Crippen LogP contribution >= 0.6 is 0 Å². The molecule has 7 heteroatoms. The van der Waals surface area contributed by atoms with E-state index >= 15 is 0 Å². The number of rotatable bonds is 5. The van der Waals surface area contributed by atoms with Crippen LogP contribution in [0.2, 0.25) is 0 Å². The molecule has 2 rings (SSSR count). The van der Waals surface area contributed by atoms with Crippen molar-refractivity contribution in [1.29, 1.82) is 0 Å². The number of primary amides is 1. The summed E-state index contributed by atoms with van der Waals surface area (Å²) >= 11 is 0. The molecule has 1 aromatic rings. The average molecular weight is 319 g/mol. The summed E-state index contributed by atoms with van der Waals surface area (Å²) < 4.78 is 0. The first-order valence-corrected chi connectivity index (χ1v) is 7.99. The van der Waals surface area contributed by atoms with E-state index in [0.29, 0.717) is 37.6 Å². The summed E-state index contributed by atoms with van der Waals surface area (Å²) in [5.41, 5.74) is 11.8. The third-order valence-corrected chi connectivity index (χ3v) is 4.49. The fourth-order valence-corrected chi connectivity index (χ4v) is 2.69. The van der Waals surface area contributed by atoms with E-state index in [4.69, 9.17) is 11.5 Å². The largest absolute Gasteiger partial charge is 0.365 e. The minimum Gasteiger partial charge on any atom is -0.365 e. The molecule has 0 bridgehead atoms. The maximum absolute atomic E-state index is 12.4. The first kappa shape index (κ1) is 17.2. The fraction of sp³-hybridized carbons (Fsp3) is 0.562. The van der Waals surface area contributed by atoms with Crippen LogP contribution in [0.1, 0.15) is 30.6 Å². The summed E-state index contributed by atoms with van der Waals surface area (Å²) in [6.07, 6.45) is 2.51. The predicted octanol–water partition coefficient (Wildman–Crippen LogP) is 0.203. The molecular formula is C16H25N5O2. The second kappa shape index (κ2) is 7.41. The van der Waals surface area contributed by atoms with Crippen molar-refractivity contribution >= 4 is 17.6 Å². The number of aromatic nitrogens is 1. The smallest absolute Gasteiger partial charge is 0.252 e. The fourth-order valence-electron chi connectivity index (χ4n) is 2.69. The van der Waals surface area contributed by atoms with Gasteiger partial charge < -0.3 is 21.3 Å². The zero-order valence-corrected chi connectivity index (χ0v) is 13.7. The van der Waals surface area contributed by atoms with Gasteiger partial charge in [-0.3, -0.25) is 9.59 Å². The molecule has 2 heterocycles. The number of piperazine rings is 1. The van der Waals surface area contributed by atoms with E-state index in [0.717, 1.165) is 6.42 Å². The molecule has 0 aliphatic carbocycles. The summed E-state index contributed by atoms with van der Waals surface area (Å²) in [5.74, 6) is 0.247. The number of nitrogens with two attached hydrogens (primary N) is 2. The quantitative estimate of drug-likeness (QED) is 0.806. The first-order valence-electron chi connectivity index (χ1n) is 7.99. The molecule has 23 heavy (non-hydrogen) atoms. The Morgan fingerprint density at radius 3 is 2.52 bits per heavy atom. The first-order chi connectivity index (χ1) is 11.0. The van der Waals surface area contributed by atoms with Gasteiger partial charge in [0.1, 0.15) is 5.82 Å². The molecule has 1 aliphatic rings. The van der Waals surface area contributed by atoms with Gasteiger partial charge in [0.2, 0.25) is 5.91 Å². The van der Waals surface area contributed by atoms with E-state index in [1.165, 1.54) is 0 Å². The molecule has 0 radical (unpaired) electrons. The number of hydrogen-bond acceptors (Lipinski definition) is 5. The van der Waals surface area contributed by atoms with Gasteiger partial charge >= 0.3 is 0 Å². The highest BCUT2D eigenvalue weighted by Gasteiger charge is 2.29. The van der Waals surface area contributed by atoms with Gasteiger partial charge in [-0.25, -0.2) is 4.98 Å². The number of anilines is 1. The van der Waals surface area contributed by atoms with Gasteiger partial charge in [-0.1, -0.05) is 20.3 Å². The van der Waals surface area contributed by atoms with E-state index in [-0.39, 0.29) is 11.8 Å². The molecule has 1 saturated heterocycles. The lowest BCUT2D eigenvalue weighted by Crippen LogP contribution is -2.55. The van der Waals surface area contributed by atoms with Crippen LogP contribution in [-0.2, 0) is 4.79 Å². The van der Waals surface area contributed by atoms with Crippen LogP contribution < -0.4 is 16.4 Å². The zero-order chi connectivity index (χ0) is 17.0. The summed E-state index contributed by atoms with van der Waals surface area (Å²) in [6, 6.07) is 2.90. The zero-order valence-electron chi connectivity index (χ0n) is 13.7. The van der Waals surface area contributed by atoms with Crippen LogP contribution in [0.15, 0.2) is 18.3 Å². The lowest BCUT2D eigenvalue weighted by atomic mass is 9.98. The van der Waals surface area contributed by atoms with Crippen LogP contribution in [0, 0.1) is 5.92 Å². The van der Waals surface area contributed by atoms with Crippen molar-refractivity contribution in [3.63, 3.8) is 0 Å². The van der Waals surface area contributed by atoms with E-state index in [2.05, 4.69) is 4.98 Å². The van der Waals surface area contributed by atoms with Crippen molar-refractivity contribution in [2.24, 2.45) is 17.4 Å². The Bertz CT molecular complexity index is 569. The van der Waals surface area contributed by atoms with Gasteiger partial charge in [0.25, 0.3) is 5.91 Å². The summed E-state index contributed by atoms with van der Waals surface area (Å²) in [6.45, 7) is 6.37. The van der Waals surface area contributed by atoms with Crippen molar-refractivity contribution in [2.75, 3.05) is 31.1 Å². The van der Waals surface area contributed by atoms with Gasteiger partial charge in [-0.05, 0) is 18.1 Å². The normalized spacial score (nSPS) is 17.7. The predicted molar refractivity (Wildman–Crippen MR) is 89.0 cm³/mol. The molecule has 2 amide bonds. The van der Waals surface area contributed by atoms with Crippen molar-refractivity contribution in [3.05, 3.63) is 23.9 Å². The Balaban J connectivity index is 2.02. The Morgan fingerprint density at radius 1 is 1.30 bits per heavy atom. The summed E-state index contributed by atoms with van der Waals surface area (Å²) in [5, 5.41) is 0. The molecule has 0 spiro atoms. The van der Waals surface area contributed by atoms with E-state index < -0.39 is 11.9 Å². The Kier molecular flexibility index (Phi) is 5.54. The summed E-state index contributed by atoms with van der Waals surface area (Å²) in [7, 11) is 0. The lowest BCUT2D eigenvalue weighted by Gasteiger charge is -2.37. The van der Waals surface area contributed by atoms with E-state index in [9.17, 15) is 9.59 Å². The minimum absolute atomic E-state index is 0.00449. The average Bonchev–Trinajstić information content (AvgIpc) is 2.59. The molecule has 1 aliphatic heterocycles. The minimum atomic E-state index is -0.495. The number of hydrogen-bond donors (Lipinski definition) is 2. The van der Waals surface area contributed by atoms with Crippen LogP contribution in [0.4, 0.5) is 5.82 Å². The molecule has 2 atom stereocenters. The van der Waals surface area contributed by atoms with Crippen molar-refractivity contribution < 1.29 is 9.59 Å².